The van der Waals surface area contributed by atoms with Gasteiger partial charge in [-0.1, -0.05) is 96.3 Å². The van der Waals surface area contributed by atoms with Crippen molar-refractivity contribution in [3.8, 4) is 0 Å². The quantitative estimate of drug-likeness (QED) is 0.107. The fourth-order valence-corrected chi connectivity index (χ4v) is 3.33. The Hall–Kier alpha value is -0.220. The number of unbranched alkanes of at least 4 members (excludes halogenated alkanes) is 16. The highest BCUT2D eigenvalue weighted by Gasteiger charge is 1.98. The molecular formula is C20H41NO2S. The van der Waals surface area contributed by atoms with E-state index in [2.05, 4.69) is 12.6 Å². The minimum Gasteiger partial charge on any atom is -0.289 e. The van der Waals surface area contributed by atoms with Crippen LogP contribution in [0.1, 0.15) is 116 Å². The van der Waals surface area contributed by atoms with Crippen molar-refractivity contribution in [2.75, 3.05) is 5.75 Å². The summed E-state index contributed by atoms with van der Waals surface area (Å²) in [7, 11) is 0. The third-order valence-corrected chi connectivity index (χ3v) is 5.00. The number of rotatable bonds is 19. The Kier molecular flexibility index (Phi) is 20.6. The van der Waals surface area contributed by atoms with Gasteiger partial charge in [0.1, 0.15) is 0 Å². The maximum atomic E-state index is 10.8. The Morgan fingerprint density at radius 3 is 1.17 bits per heavy atom. The first-order valence-corrected chi connectivity index (χ1v) is 11.0. The van der Waals surface area contributed by atoms with Crippen LogP contribution in [0.5, 0.6) is 0 Å². The number of thiol groups is 1. The molecule has 0 bridgehead atoms. The lowest BCUT2D eigenvalue weighted by Gasteiger charge is -2.03. The molecule has 0 rings (SSSR count). The Bertz CT molecular complexity index is 262. The highest BCUT2D eigenvalue weighted by molar-refractivity contribution is 7.80. The summed E-state index contributed by atoms with van der Waals surface area (Å²) < 4.78 is 0. The van der Waals surface area contributed by atoms with E-state index in [-0.39, 0.29) is 5.91 Å². The molecule has 0 fully saturated rings. The van der Waals surface area contributed by atoms with Gasteiger partial charge in [-0.15, -0.1) is 0 Å². The molecule has 0 saturated heterocycles. The summed E-state index contributed by atoms with van der Waals surface area (Å²) in [6.45, 7) is 0. The smallest absolute Gasteiger partial charge is 0.243 e. The van der Waals surface area contributed by atoms with Crippen LogP contribution in [-0.2, 0) is 4.79 Å². The van der Waals surface area contributed by atoms with Gasteiger partial charge in [0.25, 0.3) is 0 Å². The number of hydrogen-bond donors (Lipinski definition) is 3. The van der Waals surface area contributed by atoms with Crippen molar-refractivity contribution in [1.29, 1.82) is 0 Å². The lowest BCUT2D eigenvalue weighted by molar-refractivity contribution is -0.129. The minimum atomic E-state index is -0.261. The van der Waals surface area contributed by atoms with Crippen molar-refractivity contribution < 1.29 is 10.0 Å². The van der Waals surface area contributed by atoms with Gasteiger partial charge in [0.05, 0.1) is 0 Å². The molecular weight excluding hydrogens is 318 g/mol. The number of carbonyl (C=O) groups is 1. The van der Waals surface area contributed by atoms with Crippen LogP contribution in [0.15, 0.2) is 0 Å². The highest BCUT2D eigenvalue weighted by atomic mass is 32.1. The van der Waals surface area contributed by atoms with Gasteiger partial charge in [-0.25, -0.2) is 5.48 Å². The maximum Gasteiger partial charge on any atom is 0.243 e. The molecule has 0 unspecified atom stereocenters. The van der Waals surface area contributed by atoms with Crippen LogP contribution in [0.25, 0.3) is 0 Å². The van der Waals surface area contributed by atoms with E-state index in [9.17, 15) is 4.79 Å². The number of hydroxylamine groups is 1. The van der Waals surface area contributed by atoms with E-state index >= 15 is 0 Å². The molecule has 4 heteroatoms. The Morgan fingerprint density at radius 1 is 0.583 bits per heavy atom. The van der Waals surface area contributed by atoms with E-state index < -0.39 is 0 Å². The highest BCUT2D eigenvalue weighted by Crippen LogP contribution is 2.14. The molecule has 0 radical (unpaired) electrons. The Morgan fingerprint density at radius 2 is 0.875 bits per heavy atom. The predicted octanol–water partition coefficient (Wildman–Crippen LogP) is 6.44. The average Bonchev–Trinajstić information content (AvgIpc) is 2.60. The molecule has 0 aliphatic rings. The number of carbonyl (C=O) groups excluding carboxylic acids is 1. The third kappa shape index (κ3) is 19.8. The standard InChI is InChI=1S/C20H41NO2S/c22-20(21-23)18-16-14-12-10-8-6-4-2-1-3-5-7-9-11-13-15-17-19-24/h23-24H,1-19H2,(H,21,22). The predicted molar refractivity (Wildman–Crippen MR) is 107 cm³/mol. The summed E-state index contributed by atoms with van der Waals surface area (Å²) in [4.78, 5) is 10.8. The first-order chi connectivity index (χ1) is 11.8. The first kappa shape index (κ1) is 23.8. The van der Waals surface area contributed by atoms with Gasteiger partial charge in [-0.2, -0.15) is 12.6 Å². The molecule has 0 saturated carbocycles. The van der Waals surface area contributed by atoms with Gasteiger partial charge in [-0.05, 0) is 18.6 Å². The van der Waals surface area contributed by atoms with E-state index in [0.29, 0.717) is 6.42 Å². The molecule has 0 aromatic rings. The molecule has 0 atom stereocenters. The number of amides is 1. The fraction of sp³-hybridized carbons (Fsp3) is 0.950. The van der Waals surface area contributed by atoms with Gasteiger partial charge in [0.15, 0.2) is 0 Å². The van der Waals surface area contributed by atoms with Crippen molar-refractivity contribution >= 4 is 18.5 Å². The Labute approximate surface area is 155 Å². The van der Waals surface area contributed by atoms with E-state index in [1.165, 1.54) is 96.3 Å². The SMILES string of the molecule is O=C(CCCCCCCCCCCCCCCCCCCS)NO. The first-order valence-electron chi connectivity index (χ1n) is 10.3. The second-order valence-electron chi connectivity index (χ2n) is 7.02. The molecule has 0 spiro atoms. The van der Waals surface area contributed by atoms with Crippen molar-refractivity contribution in [1.82, 2.24) is 5.48 Å². The molecule has 0 aliphatic heterocycles. The van der Waals surface area contributed by atoms with Crippen LogP contribution in [0, 0.1) is 0 Å². The summed E-state index contributed by atoms with van der Waals surface area (Å²) in [5, 5.41) is 8.38. The zero-order valence-electron chi connectivity index (χ0n) is 15.7. The zero-order valence-corrected chi connectivity index (χ0v) is 16.6. The molecule has 0 aliphatic carbocycles. The second kappa shape index (κ2) is 20.8. The molecule has 0 aromatic carbocycles. The van der Waals surface area contributed by atoms with Crippen LogP contribution in [-0.4, -0.2) is 16.9 Å². The van der Waals surface area contributed by atoms with Gasteiger partial charge < -0.3 is 0 Å². The van der Waals surface area contributed by atoms with Crippen LogP contribution >= 0.6 is 12.6 Å². The van der Waals surface area contributed by atoms with E-state index in [0.717, 1.165) is 18.6 Å². The molecule has 0 aromatic heterocycles. The summed E-state index contributed by atoms with van der Waals surface area (Å²) in [5.41, 5.74) is 1.68. The van der Waals surface area contributed by atoms with Gasteiger partial charge in [0.2, 0.25) is 5.91 Å². The van der Waals surface area contributed by atoms with Crippen LogP contribution < -0.4 is 5.48 Å². The number of hydrogen-bond acceptors (Lipinski definition) is 3. The molecule has 2 N–H and O–H groups in total. The number of nitrogens with one attached hydrogen (secondary N) is 1. The molecule has 1 amide bonds. The summed E-state index contributed by atoms with van der Waals surface area (Å²) in [6.07, 6.45) is 23.0. The topological polar surface area (TPSA) is 49.3 Å². The van der Waals surface area contributed by atoms with Crippen molar-refractivity contribution in [2.24, 2.45) is 0 Å². The lowest BCUT2D eigenvalue weighted by atomic mass is 10.0. The second-order valence-corrected chi connectivity index (χ2v) is 7.47. The van der Waals surface area contributed by atoms with E-state index in [1.807, 2.05) is 0 Å². The van der Waals surface area contributed by atoms with Crippen molar-refractivity contribution in [3.63, 3.8) is 0 Å². The van der Waals surface area contributed by atoms with Crippen LogP contribution in [0.2, 0.25) is 0 Å². The van der Waals surface area contributed by atoms with Gasteiger partial charge in [0, 0.05) is 6.42 Å². The molecule has 24 heavy (non-hydrogen) atoms. The van der Waals surface area contributed by atoms with Crippen molar-refractivity contribution in [2.45, 2.75) is 116 Å². The van der Waals surface area contributed by atoms with E-state index in [4.69, 9.17) is 5.21 Å². The maximum absolute atomic E-state index is 10.8. The lowest BCUT2D eigenvalue weighted by Crippen LogP contribution is -2.17. The van der Waals surface area contributed by atoms with Gasteiger partial charge in [-0.3, -0.25) is 10.0 Å². The molecule has 0 heterocycles. The summed E-state index contributed by atoms with van der Waals surface area (Å²) in [5.74, 6) is 0.784. The van der Waals surface area contributed by atoms with Gasteiger partial charge >= 0.3 is 0 Å². The zero-order chi connectivity index (χ0) is 17.7. The molecule has 3 nitrogen and oxygen atoms in total. The summed E-state index contributed by atoms with van der Waals surface area (Å²) >= 11 is 4.24. The van der Waals surface area contributed by atoms with Crippen LogP contribution in [0.3, 0.4) is 0 Å². The van der Waals surface area contributed by atoms with Crippen molar-refractivity contribution in [3.05, 3.63) is 0 Å². The Balaban J connectivity index is 2.99. The monoisotopic (exact) mass is 359 g/mol. The van der Waals surface area contributed by atoms with E-state index in [1.54, 1.807) is 5.48 Å². The molecule has 144 valence electrons. The average molecular weight is 360 g/mol. The third-order valence-electron chi connectivity index (χ3n) is 4.69. The fourth-order valence-electron chi connectivity index (χ4n) is 3.10. The minimum absolute atomic E-state index is 0.261. The van der Waals surface area contributed by atoms with Crippen LogP contribution in [0.4, 0.5) is 0 Å². The largest absolute Gasteiger partial charge is 0.289 e. The normalized spacial score (nSPS) is 10.9. The summed E-state index contributed by atoms with van der Waals surface area (Å²) in [6, 6.07) is 0.